The van der Waals surface area contributed by atoms with E-state index >= 15 is 0 Å². The van der Waals surface area contributed by atoms with Crippen molar-refractivity contribution in [3.05, 3.63) is 51.1 Å². The topological polar surface area (TPSA) is 24.8 Å². The van der Waals surface area contributed by atoms with Crippen molar-refractivity contribution in [2.75, 3.05) is 18.6 Å². The van der Waals surface area contributed by atoms with Crippen molar-refractivity contribution in [3.8, 4) is 5.75 Å². The van der Waals surface area contributed by atoms with Gasteiger partial charge in [-0.1, -0.05) is 26.0 Å². The number of aliphatic imine (C=N–C) groups is 1. The minimum Gasteiger partial charge on any atom is -0.496 e. The van der Waals surface area contributed by atoms with Gasteiger partial charge in [-0.25, -0.2) is 0 Å². The standard InChI is InChI=1S/C23H29IN2O/c1-6-11-26-21-13-22(27-5)17(12-18(21)16(2)14-23(26,3)4)15-25-20-10-8-7-9-19(20)24/h7-10,12-13,15-16H,6,11,14H2,1-5H3. The first-order valence-electron chi connectivity index (χ1n) is 9.65. The van der Waals surface area contributed by atoms with E-state index in [0.717, 1.165) is 40.0 Å². The molecule has 4 heteroatoms. The van der Waals surface area contributed by atoms with E-state index in [1.165, 1.54) is 11.3 Å². The van der Waals surface area contributed by atoms with Crippen molar-refractivity contribution < 1.29 is 4.74 Å². The van der Waals surface area contributed by atoms with Crippen LogP contribution in [0.4, 0.5) is 11.4 Å². The molecule has 0 radical (unpaired) electrons. The molecule has 0 aromatic heterocycles. The predicted molar refractivity (Wildman–Crippen MR) is 124 cm³/mol. The molecule has 0 saturated carbocycles. The number of rotatable bonds is 5. The molecular weight excluding hydrogens is 447 g/mol. The Bertz CT molecular complexity index is 844. The van der Waals surface area contributed by atoms with E-state index in [1.807, 2.05) is 24.4 Å². The second kappa shape index (κ2) is 8.21. The molecule has 1 aliphatic heterocycles. The third kappa shape index (κ3) is 4.15. The Labute approximate surface area is 177 Å². The Morgan fingerprint density at radius 3 is 2.70 bits per heavy atom. The Morgan fingerprint density at radius 2 is 2.04 bits per heavy atom. The van der Waals surface area contributed by atoms with Crippen LogP contribution in [0.3, 0.4) is 0 Å². The molecule has 3 rings (SSSR count). The van der Waals surface area contributed by atoms with Crippen LogP contribution in [0.1, 0.15) is 57.6 Å². The summed E-state index contributed by atoms with van der Waals surface area (Å²) in [6, 6.07) is 12.6. The predicted octanol–water partition coefficient (Wildman–Crippen LogP) is 6.55. The van der Waals surface area contributed by atoms with Gasteiger partial charge in [-0.05, 0) is 79.0 Å². The van der Waals surface area contributed by atoms with Crippen LogP contribution in [0, 0.1) is 3.57 Å². The first kappa shape index (κ1) is 20.2. The number of methoxy groups -OCH3 is 1. The van der Waals surface area contributed by atoms with Crippen molar-refractivity contribution in [3.63, 3.8) is 0 Å². The van der Waals surface area contributed by atoms with Gasteiger partial charge in [0, 0.05) is 39.2 Å². The van der Waals surface area contributed by atoms with Crippen molar-refractivity contribution in [1.82, 2.24) is 0 Å². The summed E-state index contributed by atoms with van der Waals surface area (Å²) in [5, 5.41) is 0. The van der Waals surface area contributed by atoms with E-state index in [4.69, 9.17) is 9.73 Å². The molecule has 144 valence electrons. The van der Waals surface area contributed by atoms with Crippen LogP contribution >= 0.6 is 22.6 Å². The van der Waals surface area contributed by atoms with Gasteiger partial charge in [0.05, 0.1) is 12.8 Å². The fourth-order valence-corrected chi connectivity index (χ4v) is 4.67. The number of halogens is 1. The average Bonchev–Trinajstić information content (AvgIpc) is 2.63. The Hall–Kier alpha value is -1.56. The molecule has 1 aliphatic rings. The zero-order valence-corrected chi connectivity index (χ0v) is 19.1. The molecule has 0 fully saturated rings. The SMILES string of the molecule is CCCN1c2cc(OC)c(C=Nc3ccccc3I)cc2C(C)CC1(C)C. The smallest absolute Gasteiger partial charge is 0.129 e. The third-order valence-electron chi connectivity index (χ3n) is 5.38. The molecule has 0 amide bonds. The van der Waals surface area contributed by atoms with Crippen LogP contribution in [0.25, 0.3) is 0 Å². The molecule has 0 spiro atoms. The third-order valence-corrected chi connectivity index (χ3v) is 6.29. The molecule has 3 nitrogen and oxygen atoms in total. The van der Waals surface area contributed by atoms with Gasteiger partial charge >= 0.3 is 0 Å². The lowest BCUT2D eigenvalue weighted by Crippen LogP contribution is -2.48. The van der Waals surface area contributed by atoms with Crippen LogP contribution in [-0.4, -0.2) is 25.4 Å². The number of hydrogen-bond donors (Lipinski definition) is 0. The molecule has 0 saturated heterocycles. The van der Waals surface area contributed by atoms with Gasteiger partial charge in [0.15, 0.2) is 0 Å². The molecule has 0 aliphatic carbocycles. The quantitative estimate of drug-likeness (QED) is 0.361. The van der Waals surface area contributed by atoms with Crippen LogP contribution < -0.4 is 9.64 Å². The van der Waals surface area contributed by atoms with Crippen LogP contribution in [0.15, 0.2) is 41.4 Å². The van der Waals surface area contributed by atoms with Crippen LogP contribution in [-0.2, 0) is 0 Å². The highest BCUT2D eigenvalue weighted by Gasteiger charge is 2.36. The summed E-state index contributed by atoms with van der Waals surface area (Å²) < 4.78 is 6.89. The molecule has 1 unspecified atom stereocenters. The fourth-order valence-electron chi connectivity index (χ4n) is 4.15. The lowest BCUT2D eigenvalue weighted by molar-refractivity contribution is 0.372. The molecule has 1 heterocycles. The second-order valence-electron chi connectivity index (χ2n) is 7.93. The van der Waals surface area contributed by atoms with Crippen molar-refractivity contribution >= 4 is 40.2 Å². The lowest BCUT2D eigenvalue weighted by atomic mass is 9.79. The summed E-state index contributed by atoms with van der Waals surface area (Å²) in [5.41, 5.74) is 4.89. The molecule has 0 N–H and O–H groups in total. The van der Waals surface area contributed by atoms with Gasteiger partial charge in [-0.3, -0.25) is 4.99 Å². The first-order chi connectivity index (χ1) is 12.9. The van der Waals surface area contributed by atoms with Crippen molar-refractivity contribution in [2.24, 2.45) is 4.99 Å². The summed E-state index contributed by atoms with van der Waals surface area (Å²) in [7, 11) is 1.74. The maximum atomic E-state index is 5.74. The van der Waals surface area contributed by atoms with E-state index < -0.39 is 0 Å². The van der Waals surface area contributed by atoms with Gasteiger partial charge in [0.1, 0.15) is 5.75 Å². The molecule has 1 atom stereocenters. The highest BCUT2D eigenvalue weighted by Crippen LogP contribution is 2.45. The summed E-state index contributed by atoms with van der Waals surface area (Å²) in [5.74, 6) is 1.40. The van der Waals surface area contributed by atoms with Gasteiger partial charge in [-0.15, -0.1) is 0 Å². The summed E-state index contributed by atoms with van der Waals surface area (Å²) in [4.78, 5) is 7.26. The number of para-hydroxylation sites is 1. The van der Waals surface area contributed by atoms with Crippen LogP contribution in [0.2, 0.25) is 0 Å². The minimum atomic E-state index is 0.156. The number of ether oxygens (including phenoxy) is 1. The summed E-state index contributed by atoms with van der Waals surface area (Å²) in [6.45, 7) is 10.3. The average molecular weight is 476 g/mol. The summed E-state index contributed by atoms with van der Waals surface area (Å²) in [6.07, 6.45) is 4.22. The normalized spacial score (nSPS) is 18.6. The molecule has 0 bridgehead atoms. The molecule has 27 heavy (non-hydrogen) atoms. The van der Waals surface area contributed by atoms with E-state index in [-0.39, 0.29) is 5.54 Å². The van der Waals surface area contributed by atoms with Crippen molar-refractivity contribution in [2.45, 2.75) is 52.0 Å². The van der Waals surface area contributed by atoms with Gasteiger partial charge in [0.2, 0.25) is 0 Å². The Balaban J connectivity index is 2.06. The van der Waals surface area contributed by atoms with Gasteiger partial charge < -0.3 is 9.64 Å². The maximum Gasteiger partial charge on any atom is 0.129 e. The zero-order chi connectivity index (χ0) is 19.6. The second-order valence-corrected chi connectivity index (χ2v) is 9.09. The molecule has 2 aromatic rings. The molecular formula is C23H29IN2O. The highest BCUT2D eigenvalue weighted by molar-refractivity contribution is 14.1. The first-order valence-corrected chi connectivity index (χ1v) is 10.7. The number of benzene rings is 2. The summed E-state index contributed by atoms with van der Waals surface area (Å²) >= 11 is 2.32. The van der Waals surface area contributed by atoms with Crippen molar-refractivity contribution in [1.29, 1.82) is 0 Å². The van der Waals surface area contributed by atoms with Gasteiger partial charge in [0.25, 0.3) is 0 Å². The van der Waals surface area contributed by atoms with E-state index in [1.54, 1.807) is 7.11 Å². The van der Waals surface area contributed by atoms with Crippen LogP contribution in [0.5, 0.6) is 5.75 Å². The van der Waals surface area contributed by atoms with E-state index in [0.29, 0.717) is 5.92 Å². The minimum absolute atomic E-state index is 0.156. The highest BCUT2D eigenvalue weighted by atomic mass is 127. The Morgan fingerprint density at radius 1 is 1.30 bits per heavy atom. The number of hydrogen-bond acceptors (Lipinski definition) is 3. The number of nitrogens with zero attached hydrogens (tertiary/aromatic N) is 2. The zero-order valence-electron chi connectivity index (χ0n) is 16.9. The largest absolute Gasteiger partial charge is 0.496 e. The van der Waals surface area contributed by atoms with E-state index in [9.17, 15) is 0 Å². The van der Waals surface area contributed by atoms with Gasteiger partial charge in [-0.2, -0.15) is 0 Å². The molecule has 2 aromatic carbocycles. The number of anilines is 1. The lowest BCUT2D eigenvalue weighted by Gasteiger charge is -2.47. The number of fused-ring (bicyclic) bond motifs is 1. The monoisotopic (exact) mass is 476 g/mol. The van der Waals surface area contributed by atoms with E-state index in [2.05, 4.69) is 73.4 Å². The maximum absolute atomic E-state index is 5.74. The fraction of sp³-hybridized carbons (Fsp3) is 0.435. The Kier molecular flexibility index (Phi) is 6.14.